The van der Waals surface area contributed by atoms with Gasteiger partial charge in [-0.25, -0.2) is 4.98 Å². The molecule has 1 unspecified atom stereocenters. The molecule has 0 bridgehead atoms. The van der Waals surface area contributed by atoms with Crippen molar-refractivity contribution in [2.24, 2.45) is 0 Å². The molecule has 4 heterocycles. The number of nitrogens with zero attached hydrogens (tertiary/aromatic N) is 4. The molecule has 2 aromatic rings. The standard InChI is InChI=1S/C18H23N5O/c24-17-11-16(20-18(21-17)23-8-1-2-9-23)15-5-10-22(13-15)12-14-3-6-19-7-4-14/h3-4,6-7,11,15H,1-2,5,8-10,12-13H2,(H,20,21,24). The van der Waals surface area contributed by atoms with Gasteiger partial charge in [0.05, 0.1) is 5.69 Å². The van der Waals surface area contributed by atoms with Gasteiger partial charge in [0.25, 0.3) is 5.56 Å². The van der Waals surface area contributed by atoms with Gasteiger partial charge < -0.3 is 4.90 Å². The lowest BCUT2D eigenvalue weighted by Gasteiger charge is -2.18. The maximum atomic E-state index is 12.1. The van der Waals surface area contributed by atoms with Crippen LogP contribution in [0.1, 0.15) is 36.4 Å². The summed E-state index contributed by atoms with van der Waals surface area (Å²) in [6, 6.07) is 5.80. The smallest absolute Gasteiger partial charge is 0.252 e. The maximum absolute atomic E-state index is 12.1. The summed E-state index contributed by atoms with van der Waals surface area (Å²) in [5, 5.41) is 0. The van der Waals surface area contributed by atoms with Crippen LogP contribution in [0.2, 0.25) is 0 Å². The average molecular weight is 325 g/mol. The SMILES string of the molecule is O=c1cc(C2CCN(Cc3ccncc3)C2)nc(N2CCCC2)[nH]1. The number of likely N-dealkylation sites (tertiary alicyclic amines) is 1. The van der Waals surface area contributed by atoms with E-state index in [-0.39, 0.29) is 5.56 Å². The van der Waals surface area contributed by atoms with Gasteiger partial charge in [-0.3, -0.25) is 19.7 Å². The topological polar surface area (TPSA) is 65.1 Å². The van der Waals surface area contributed by atoms with E-state index in [4.69, 9.17) is 4.98 Å². The Hall–Kier alpha value is -2.21. The van der Waals surface area contributed by atoms with Crippen LogP contribution < -0.4 is 10.5 Å². The Morgan fingerprint density at radius 3 is 2.75 bits per heavy atom. The second-order valence-corrected chi connectivity index (χ2v) is 6.76. The van der Waals surface area contributed by atoms with Crippen LogP contribution in [-0.2, 0) is 6.54 Å². The van der Waals surface area contributed by atoms with E-state index in [0.717, 1.165) is 50.8 Å². The molecule has 0 aliphatic carbocycles. The largest absolute Gasteiger partial charge is 0.342 e. The Morgan fingerprint density at radius 1 is 1.17 bits per heavy atom. The van der Waals surface area contributed by atoms with Crippen molar-refractivity contribution >= 4 is 5.95 Å². The fourth-order valence-electron chi connectivity index (χ4n) is 3.72. The van der Waals surface area contributed by atoms with Crippen LogP contribution in [0.25, 0.3) is 0 Å². The van der Waals surface area contributed by atoms with Gasteiger partial charge in [-0.05, 0) is 43.5 Å². The van der Waals surface area contributed by atoms with Gasteiger partial charge in [0, 0.05) is 50.6 Å². The predicted molar refractivity (Wildman–Crippen MR) is 93.2 cm³/mol. The summed E-state index contributed by atoms with van der Waals surface area (Å²) in [5.74, 6) is 1.10. The summed E-state index contributed by atoms with van der Waals surface area (Å²) in [4.78, 5) is 28.4. The molecule has 0 amide bonds. The molecule has 24 heavy (non-hydrogen) atoms. The van der Waals surface area contributed by atoms with E-state index in [0.29, 0.717) is 5.92 Å². The number of nitrogens with one attached hydrogen (secondary N) is 1. The highest BCUT2D eigenvalue weighted by molar-refractivity contribution is 5.32. The van der Waals surface area contributed by atoms with E-state index < -0.39 is 0 Å². The Labute approximate surface area is 141 Å². The number of pyridine rings is 1. The van der Waals surface area contributed by atoms with Crippen LogP contribution in [-0.4, -0.2) is 46.0 Å². The summed E-state index contributed by atoms with van der Waals surface area (Å²) in [6.45, 7) is 4.91. The first-order valence-electron chi connectivity index (χ1n) is 8.75. The van der Waals surface area contributed by atoms with Crippen molar-refractivity contribution in [3.05, 3.63) is 52.2 Å². The van der Waals surface area contributed by atoms with Crippen molar-refractivity contribution < 1.29 is 0 Å². The molecular weight excluding hydrogens is 302 g/mol. The average Bonchev–Trinajstić information content (AvgIpc) is 3.27. The molecule has 6 nitrogen and oxygen atoms in total. The quantitative estimate of drug-likeness (QED) is 0.928. The van der Waals surface area contributed by atoms with Crippen molar-refractivity contribution in [2.45, 2.75) is 31.7 Å². The van der Waals surface area contributed by atoms with E-state index in [2.05, 4.69) is 31.9 Å². The van der Waals surface area contributed by atoms with E-state index in [9.17, 15) is 4.79 Å². The van der Waals surface area contributed by atoms with Crippen molar-refractivity contribution in [1.29, 1.82) is 0 Å². The fourth-order valence-corrected chi connectivity index (χ4v) is 3.72. The van der Waals surface area contributed by atoms with Crippen molar-refractivity contribution in [2.75, 3.05) is 31.1 Å². The maximum Gasteiger partial charge on any atom is 0.252 e. The zero-order valence-electron chi connectivity index (χ0n) is 13.8. The molecule has 4 rings (SSSR count). The zero-order valence-corrected chi connectivity index (χ0v) is 13.8. The molecule has 2 aliphatic rings. The molecule has 1 N–H and O–H groups in total. The molecule has 2 aliphatic heterocycles. The summed E-state index contributed by atoms with van der Waals surface area (Å²) >= 11 is 0. The van der Waals surface area contributed by atoms with Crippen molar-refractivity contribution in [3.63, 3.8) is 0 Å². The lowest BCUT2D eigenvalue weighted by molar-refractivity contribution is 0.326. The molecule has 126 valence electrons. The van der Waals surface area contributed by atoms with Gasteiger partial charge >= 0.3 is 0 Å². The lowest BCUT2D eigenvalue weighted by Crippen LogP contribution is -2.25. The molecule has 0 saturated carbocycles. The monoisotopic (exact) mass is 325 g/mol. The van der Waals surface area contributed by atoms with Crippen molar-refractivity contribution in [3.8, 4) is 0 Å². The van der Waals surface area contributed by atoms with E-state index >= 15 is 0 Å². The normalized spacial score (nSPS) is 21.5. The van der Waals surface area contributed by atoms with Gasteiger partial charge in [0.1, 0.15) is 0 Å². The highest BCUT2D eigenvalue weighted by atomic mass is 16.1. The summed E-state index contributed by atoms with van der Waals surface area (Å²) < 4.78 is 0. The van der Waals surface area contributed by atoms with E-state index in [1.54, 1.807) is 6.07 Å². The second-order valence-electron chi connectivity index (χ2n) is 6.76. The first-order valence-corrected chi connectivity index (χ1v) is 8.75. The Balaban J connectivity index is 1.47. The summed E-state index contributed by atoms with van der Waals surface area (Å²) in [6.07, 6.45) is 7.09. The lowest BCUT2D eigenvalue weighted by atomic mass is 10.1. The number of hydrogen-bond acceptors (Lipinski definition) is 5. The Morgan fingerprint density at radius 2 is 1.96 bits per heavy atom. The molecule has 2 saturated heterocycles. The van der Waals surface area contributed by atoms with Gasteiger partial charge in [-0.2, -0.15) is 0 Å². The molecule has 2 fully saturated rings. The first-order chi connectivity index (χ1) is 11.8. The third-order valence-corrected chi connectivity index (χ3v) is 5.00. The molecule has 2 aromatic heterocycles. The molecule has 0 radical (unpaired) electrons. The third kappa shape index (κ3) is 3.33. The minimum Gasteiger partial charge on any atom is -0.342 e. The number of anilines is 1. The molecule has 0 aromatic carbocycles. The summed E-state index contributed by atoms with van der Waals surface area (Å²) in [7, 11) is 0. The van der Waals surface area contributed by atoms with Crippen LogP contribution in [0.4, 0.5) is 5.95 Å². The first kappa shape index (κ1) is 15.3. The minimum atomic E-state index is -0.0329. The predicted octanol–water partition coefficient (Wildman–Crippen LogP) is 1.75. The molecule has 0 spiro atoms. The van der Waals surface area contributed by atoms with E-state index in [1.165, 1.54) is 18.4 Å². The van der Waals surface area contributed by atoms with Gasteiger partial charge in [0.15, 0.2) is 0 Å². The van der Waals surface area contributed by atoms with Crippen LogP contribution in [0.5, 0.6) is 0 Å². The number of rotatable bonds is 4. The molecule has 6 heteroatoms. The van der Waals surface area contributed by atoms with E-state index in [1.807, 2.05) is 12.4 Å². The minimum absolute atomic E-state index is 0.0329. The highest BCUT2D eigenvalue weighted by Crippen LogP contribution is 2.27. The second kappa shape index (κ2) is 6.73. The van der Waals surface area contributed by atoms with Gasteiger partial charge in [0.2, 0.25) is 5.95 Å². The Kier molecular flexibility index (Phi) is 4.30. The number of aromatic nitrogens is 3. The molecule has 1 atom stereocenters. The van der Waals surface area contributed by atoms with Crippen LogP contribution in [0.15, 0.2) is 35.4 Å². The number of hydrogen-bond donors (Lipinski definition) is 1. The van der Waals surface area contributed by atoms with Crippen LogP contribution in [0.3, 0.4) is 0 Å². The number of aromatic amines is 1. The van der Waals surface area contributed by atoms with Gasteiger partial charge in [-0.15, -0.1) is 0 Å². The fraction of sp³-hybridized carbons (Fsp3) is 0.500. The van der Waals surface area contributed by atoms with Crippen LogP contribution >= 0.6 is 0 Å². The Bertz CT molecular complexity index is 739. The summed E-state index contributed by atoms with van der Waals surface area (Å²) in [5.41, 5.74) is 2.19. The highest BCUT2D eigenvalue weighted by Gasteiger charge is 2.26. The molecular formula is C18H23N5O. The number of H-pyrrole nitrogens is 1. The third-order valence-electron chi connectivity index (χ3n) is 5.00. The van der Waals surface area contributed by atoms with Gasteiger partial charge in [-0.1, -0.05) is 0 Å². The van der Waals surface area contributed by atoms with Crippen LogP contribution in [0, 0.1) is 0 Å². The zero-order chi connectivity index (χ0) is 16.4. The van der Waals surface area contributed by atoms with Crippen molar-refractivity contribution in [1.82, 2.24) is 19.9 Å².